The Hall–Kier alpha value is -3.84. The molecule has 10 nitrogen and oxygen atoms in total. The van der Waals surface area contributed by atoms with E-state index in [0.717, 1.165) is 0 Å². The maximum Gasteiger partial charge on any atom is 0.354 e. The molecule has 2 N–H and O–H groups in total. The number of esters is 1. The van der Waals surface area contributed by atoms with E-state index in [1.807, 2.05) is 6.07 Å². The van der Waals surface area contributed by atoms with Gasteiger partial charge in [-0.1, -0.05) is 18.5 Å². The fraction of sp³-hybridized carbons (Fsp3) is 0.286. The van der Waals surface area contributed by atoms with Gasteiger partial charge in [0.2, 0.25) is 0 Å². The Labute approximate surface area is 187 Å². The Morgan fingerprint density at radius 1 is 1.34 bits per heavy atom. The van der Waals surface area contributed by atoms with Gasteiger partial charge in [-0.2, -0.15) is 5.26 Å². The molecule has 166 valence electrons. The number of aromatic carboxylic acids is 1. The summed E-state index contributed by atoms with van der Waals surface area (Å²) in [7, 11) is 2.96. The van der Waals surface area contributed by atoms with Crippen molar-refractivity contribution in [1.82, 2.24) is 14.1 Å². The molecule has 3 rings (SSSR count). The smallest absolute Gasteiger partial charge is 0.354 e. The zero-order valence-corrected chi connectivity index (χ0v) is 18.3. The van der Waals surface area contributed by atoms with Crippen molar-refractivity contribution >= 4 is 45.9 Å². The molecule has 32 heavy (non-hydrogen) atoms. The van der Waals surface area contributed by atoms with Crippen molar-refractivity contribution in [2.45, 2.75) is 19.9 Å². The molecule has 0 amide bonds. The molecule has 0 saturated heterocycles. The van der Waals surface area contributed by atoms with E-state index in [4.69, 9.17) is 16.3 Å². The summed E-state index contributed by atoms with van der Waals surface area (Å²) in [6, 6.07) is 8.25. The second-order valence-electron chi connectivity index (χ2n) is 7.17. The number of benzene rings is 1. The van der Waals surface area contributed by atoms with Crippen molar-refractivity contribution in [2.24, 2.45) is 13.0 Å². The SMILES string of the molecule is COC(=O)C(C)CCn1c(=O)n(C)c2ccc(Nc3cc(C(=O)O)nc(Cl)c3C#N)cc21. The number of carboxylic acids is 1. The highest BCUT2D eigenvalue weighted by molar-refractivity contribution is 6.31. The van der Waals surface area contributed by atoms with Gasteiger partial charge in [-0.05, 0) is 30.7 Å². The molecular formula is C21H20ClN5O5. The number of anilines is 2. The highest BCUT2D eigenvalue weighted by Crippen LogP contribution is 2.28. The number of halogens is 1. The van der Waals surface area contributed by atoms with Crippen LogP contribution in [0.4, 0.5) is 11.4 Å². The number of ether oxygens (including phenoxy) is 1. The minimum atomic E-state index is -1.29. The first kappa shape index (κ1) is 22.8. The molecule has 0 spiro atoms. The lowest BCUT2D eigenvalue weighted by Gasteiger charge is -2.12. The second-order valence-corrected chi connectivity index (χ2v) is 7.53. The molecule has 0 aliphatic rings. The van der Waals surface area contributed by atoms with E-state index in [1.54, 1.807) is 36.7 Å². The number of hydrogen-bond donors (Lipinski definition) is 2. The van der Waals surface area contributed by atoms with Crippen LogP contribution in [0.15, 0.2) is 29.1 Å². The summed E-state index contributed by atoms with van der Waals surface area (Å²) >= 11 is 5.97. The summed E-state index contributed by atoms with van der Waals surface area (Å²) in [5.41, 5.74) is 1.40. The third-order valence-corrected chi connectivity index (χ3v) is 5.39. The number of pyridine rings is 1. The van der Waals surface area contributed by atoms with Crippen LogP contribution in [0.3, 0.4) is 0 Å². The van der Waals surface area contributed by atoms with Gasteiger partial charge >= 0.3 is 17.6 Å². The maximum atomic E-state index is 12.7. The first-order valence-corrected chi connectivity index (χ1v) is 9.93. The van der Waals surface area contributed by atoms with E-state index < -0.39 is 5.97 Å². The van der Waals surface area contributed by atoms with E-state index in [0.29, 0.717) is 29.7 Å². The van der Waals surface area contributed by atoms with E-state index in [1.165, 1.54) is 17.7 Å². The normalized spacial score (nSPS) is 11.7. The molecule has 0 fully saturated rings. The van der Waals surface area contributed by atoms with Gasteiger partial charge in [0.25, 0.3) is 0 Å². The number of methoxy groups -OCH3 is 1. The fourth-order valence-corrected chi connectivity index (χ4v) is 3.57. The molecule has 2 heterocycles. The van der Waals surface area contributed by atoms with Crippen molar-refractivity contribution in [3.63, 3.8) is 0 Å². The van der Waals surface area contributed by atoms with Crippen LogP contribution >= 0.6 is 11.6 Å². The zero-order chi connectivity index (χ0) is 23.6. The topological polar surface area (TPSA) is 139 Å². The number of nitrogens with zero attached hydrogens (tertiary/aromatic N) is 4. The average Bonchev–Trinajstić information content (AvgIpc) is 3.00. The fourth-order valence-electron chi connectivity index (χ4n) is 3.33. The zero-order valence-electron chi connectivity index (χ0n) is 17.5. The van der Waals surface area contributed by atoms with Crippen molar-refractivity contribution < 1.29 is 19.4 Å². The minimum absolute atomic E-state index is 0.00545. The first-order valence-electron chi connectivity index (χ1n) is 9.56. The number of hydrogen-bond acceptors (Lipinski definition) is 7. The van der Waals surface area contributed by atoms with Crippen LogP contribution in [0.25, 0.3) is 11.0 Å². The van der Waals surface area contributed by atoms with Gasteiger partial charge in [-0.3, -0.25) is 13.9 Å². The number of aryl methyl sites for hydroxylation is 2. The lowest BCUT2D eigenvalue weighted by atomic mass is 10.1. The predicted octanol–water partition coefficient (Wildman–Crippen LogP) is 2.90. The van der Waals surface area contributed by atoms with E-state index >= 15 is 0 Å². The molecule has 2 aromatic heterocycles. The highest BCUT2D eigenvalue weighted by atomic mass is 35.5. The number of nitrogens with one attached hydrogen (secondary N) is 1. The maximum absolute atomic E-state index is 12.7. The van der Waals surface area contributed by atoms with Crippen LogP contribution in [0.2, 0.25) is 5.15 Å². The average molecular weight is 458 g/mol. The summed E-state index contributed by atoms with van der Waals surface area (Å²) in [5, 5.41) is 21.4. The molecule has 11 heteroatoms. The number of carboxylic acid groups (broad SMARTS) is 1. The molecule has 3 aromatic rings. The number of imidazole rings is 1. The van der Waals surface area contributed by atoms with Crippen molar-refractivity contribution in [3.05, 3.63) is 51.2 Å². The van der Waals surface area contributed by atoms with Gasteiger partial charge in [-0.25, -0.2) is 14.6 Å². The quantitative estimate of drug-likeness (QED) is 0.407. The van der Waals surface area contributed by atoms with E-state index in [2.05, 4.69) is 10.3 Å². The van der Waals surface area contributed by atoms with Crippen LogP contribution in [-0.4, -0.2) is 38.3 Å². The monoisotopic (exact) mass is 457 g/mol. The lowest BCUT2D eigenvalue weighted by Crippen LogP contribution is -2.24. The Bertz CT molecular complexity index is 1320. The van der Waals surface area contributed by atoms with Crippen molar-refractivity contribution in [2.75, 3.05) is 12.4 Å². The number of nitriles is 1. The molecule has 1 unspecified atom stereocenters. The Morgan fingerprint density at radius 2 is 2.06 bits per heavy atom. The largest absolute Gasteiger partial charge is 0.477 e. The number of fused-ring (bicyclic) bond motifs is 1. The van der Waals surface area contributed by atoms with Gasteiger partial charge in [0.15, 0.2) is 5.69 Å². The molecule has 0 bridgehead atoms. The summed E-state index contributed by atoms with van der Waals surface area (Å²) in [5.74, 6) is -2.02. The molecule has 1 aromatic carbocycles. The van der Waals surface area contributed by atoms with Crippen molar-refractivity contribution in [1.29, 1.82) is 5.26 Å². The predicted molar refractivity (Wildman–Crippen MR) is 117 cm³/mol. The minimum Gasteiger partial charge on any atom is -0.477 e. The molecule has 0 radical (unpaired) electrons. The number of rotatable bonds is 7. The van der Waals surface area contributed by atoms with Crippen LogP contribution in [0.5, 0.6) is 0 Å². The summed E-state index contributed by atoms with van der Waals surface area (Å²) in [4.78, 5) is 39.4. The third-order valence-electron chi connectivity index (χ3n) is 5.12. The second kappa shape index (κ2) is 9.11. The highest BCUT2D eigenvalue weighted by Gasteiger charge is 2.18. The number of aromatic nitrogens is 3. The van der Waals surface area contributed by atoms with Crippen LogP contribution in [0, 0.1) is 17.2 Å². The third kappa shape index (κ3) is 4.29. The molecule has 1 atom stereocenters. The van der Waals surface area contributed by atoms with Gasteiger partial charge in [0, 0.05) is 19.3 Å². The number of carbonyl (C=O) groups excluding carboxylic acids is 1. The van der Waals surface area contributed by atoms with Crippen LogP contribution in [0.1, 0.15) is 29.4 Å². The Kier molecular flexibility index (Phi) is 6.50. The van der Waals surface area contributed by atoms with Crippen LogP contribution in [-0.2, 0) is 23.1 Å². The summed E-state index contributed by atoms with van der Waals surface area (Å²) < 4.78 is 7.78. The van der Waals surface area contributed by atoms with Crippen molar-refractivity contribution in [3.8, 4) is 6.07 Å². The van der Waals surface area contributed by atoms with Gasteiger partial charge in [0.1, 0.15) is 16.8 Å². The Morgan fingerprint density at radius 3 is 2.69 bits per heavy atom. The summed E-state index contributed by atoms with van der Waals surface area (Å²) in [6.45, 7) is 2.02. The van der Waals surface area contributed by atoms with Crippen LogP contribution < -0.4 is 11.0 Å². The molecule has 0 saturated carbocycles. The summed E-state index contributed by atoms with van der Waals surface area (Å²) in [6.07, 6.45) is 0.407. The standard InChI is InChI=1S/C21H20ClN5O5/c1-11(20(30)32-3)6-7-27-17-8-12(4-5-16(17)26(2)21(27)31)24-14-9-15(19(28)29)25-18(22)13(14)10-23/h4-5,8-9,11H,6-7H2,1-3H3,(H,24,25)(H,28,29). The van der Waals surface area contributed by atoms with E-state index in [-0.39, 0.29) is 39.7 Å². The molecule has 0 aliphatic carbocycles. The van der Waals surface area contributed by atoms with Gasteiger partial charge < -0.3 is 15.2 Å². The van der Waals surface area contributed by atoms with E-state index in [9.17, 15) is 24.8 Å². The lowest BCUT2D eigenvalue weighted by molar-refractivity contribution is -0.145. The molecular weight excluding hydrogens is 438 g/mol. The van der Waals surface area contributed by atoms with Gasteiger partial charge in [0.05, 0.1) is 29.7 Å². The van der Waals surface area contributed by atoms with Gasteiger partial charge in [-0.15, -0.1) is 0 Å². The Balaban J connectivity index is 2.02. The molecule has 0 aliphatic heterocycles. The number of carbonyl (C=O) groups is 2. The first-order chi connectivity index (χ1) is 15.2.